The van der Waals surface area contributed by atoms with Crippen LogP contribution in [0.1, 0.15) is 27.8 Å². The molecular formula is C46H23N7. The Morgan fingerprint density at radius 3 is 1.36 bits per heavy atom. The van der Waals surface area contributed by atoms with Crippen molar-refractivity contribution in [2.75, 3.05) is 0 Å². The Bertz CT molecular complexity index is 2800. The molecule has 7 heteroatoms. The van der Waals surface area contributed by atoms with Gasteiger partial charge in [0.05, 0.1) is 74.9 Å². The van der Waals surface area contributed by atoms with Crippen LogP contribution >= 0.6 is 0 Å². The lowest BCUT2D eigenvalue weighted by Crippen LogP contribution is -2.00. The predicted molar refractivity (Wildman–Crippen MR) is 204 cm³/mol. The number of aromatic nitrogens is 2. The first kappa shape index (κ1) is 32.0. The normalized spacial score (nSPS) is 10.5. The number of rotatable bonds is 5. The van der Waals surface area contributed by atoms with Crippen LogP contribution in [0.5, 0.6) is 0 Å². The van der Waals surface area contributed by atoms with E-state index >= 15 is 0 Å². The van der Waals surface area contributed by atoms with Crippen molar-refractivity contribution in [3.63, 3.8) is 0 Å². The Balaban J connectivity index is 1.47. The van der Waals surface area contributed by atoms with Gasteiger partial charge in [-0.3, -0.25) is 4.98 Å². The van der Waals surface area contributed by atoms with Crippen molar-refractivity contribution < 1.29 is 0 Å². The number of hydrogen-bond acceptors (Lipinski definition) is 6. The SMILES string of the molecule is N#Cc1cc(C#N)cc(-c2ccc3c(c2)c2cc(-c4cc(C#N)cc(C#N)c4)ccc2n3-c2cc(C#N)c(-c3ccncc3)cc2-c2ccccc2)c1. The fraction of sp³-hybridized carbons (Fsp3) is 0. The summed E-state index contributed by atoms with van der Waals surface area (Å²) in [7, 11) is 0. The number of nitrogens with zero attached hydrogens (tertiary/aromatic N) is 7. The highest BCUT2D eigenvalue weighted by atomic mass is 15.0. The molecule has 8 aromatic rings. The van der Waals surface area contributed by atoms with Crippen LogP contribution in [0.4, 0.5) is 0 Å². The lowest BCUT2D eigenvalue weighted by molar-refractivity contribution is 1.18. The largest absolute Gasteiger partial charge is 0.309 e. The number of nitriles is 5. The third kappa shape index (κ3) is 5.68. The molecule has 0 unspecified atom stereocenters. The van der Waals surface area contributed by atoms with Gasteiger partial charge in [0.15, 0.2) is 0 Å². The van der Waals surface area contributed by atoms with E-state index in [0.717, 1.165) is 72.0 Å². The van der Waals surface area contributed by atoms with Crippen LogP contribution in [-0.2, 0) is 0 Å². The smallest absolute Gasteiger partial charge is 0.0998 e. The summed E-state index contributed by atoms with van der Waals surface area (Å²) in [5.74, 6) is 0. The molecule has 0 spiro atoms. The summed E-state index contributed by atoms with van der Waals surface area (Å²) in [4.78, 5) is 4.18. The fourth-order valence-corrected chi connectivity index (χ4v) is 6.97. The fourth-order valence-electron chi connectivity index (χ4n) is 6.97. The van der Waals surface area contributed by atoms with Gasteiger partial charge in [-0.05, 0) is 118 Å². The van der Waals surface area contributed by atoms with Crippen molar-refractivity contribution in [1.29, 1.82) is 26.3 Å². The maximum Gasteiger partial charge on any atom is 0.0998 e. The minimum absolute atomic E-state index is 0.389. The van der Waals surface area contributed by atoms with E-state index in [1.54, 1.807) is 48.8 Å². The van der Waals surface area contributed by atoms with Crippen molar-refractivity contribution in [1.82, 2.24) is 9.55 Å². The highest BCUT2D eigenvalue weighted by molar-refractivity contribution is 6.12. The zero-order valence-electron chi connectivity index (χ0n) is 27.9. The Morgan fingerprint density at radius 2 is 0.887 bits per heavy atom. The minimum Gasteiger partial charge on any atom is -0.309 e. The van der Waals surface area contributed by atoms with Crippen molar-refractivity contribution in [2.24, 2.45) is 0 Å². The average Bonchev–Trinajstić information content (AvgIpc) is 3.56. The first-order chi connectivity index (χ1) is 26.0. The monoisotopic (exact) mass is 673 g/mol. The molecule has 2 heterocycles. The summed E-state index contributed by atoms with van der Waals surface area (Å²) in [6.07, 6.45) is 3.43. The Morgan fingerprint density at radius 1 is 0.396 bits per heavy atom. The molecule has 7 nitrogen and oxygen atoms in total. The van der Waals surface area contributed by atoms with E-state index in [0.29, 0.717) is 27.8 Å². The standard InChI is InChI=1S/C46H23N7/c47-24-29-14-30(25-48)17-37(16-29)35-6-8-44-42(20-35)43-21-36(38-18-31(26-49)15-32(19-38)27-50)7-9-45(43)53(44)46-22-39(28-51)40(34-10-12-52-13-11-34)23-41(46)33-4-2-1-3-5-33/h1-23H. The van der Waals surface area contributed by atoms with E-state index in [1.807, 2.05) is 60.7 Å². The maximum atomic E-state index is 10.5. The summed E-state index contributed by atoms with van der Waals surface area (Å²) in [5.41, 5.74) is 11.3. The second kappa shape index (κ2) is 13.2. The second-order valence-electron chi connectivity index (χ2n) is 12.5. The first-order valence-electron chi connectivity index (χ1n) is 16.6. The molecule has 0 amide bonds. The third-order valence-electron chi connectivity index (χ3n) is 9.39. The van der Waals surface area contributed by atoms with Crippen molar-refractivity contribution in [3.05, 3.63) is 168 Å². The average molecular weight is 674 g/mol. The van der Waals surface area contributed by atoms with Crippen LogP contribution in [0, 0.1) is 56.7 Å². The molecule has 53 heavy (non-hydrogen) atoms. The molecular weight excluding hydrogens is 651 g/mol. The van der Waals surface area contributed by atoms with E-state index in [1.165, 1.54) is 0 Å². The quantitative estimate of drug-likeness (QED) is 0.178. The number of fused-ring (bicyclic) bond motifs is 3. The van der Waals surface area contributed by atoms with Crippen LogP contribution in [0.25, 0.3) is 72.0 Å². The Hall–Kier alpha value is -8.28. The van der Waals surface area contributed by atoms with E-state index in [4.69, 9.17) is 0 Å². The van der Waals surface area contributed by atoms with Crippen molar-refractivity contribution >= 4 is 21.8 Å². The van der Waals surface area contributed by atoms with Crippen LogP contribution in [0.3, 0.4) is 0 Å². The van der Waals surface area contributed by atoms with Gasteiger partial charge in [-0.25, -0.2) is 0 Å². The molecule has 6 aromatic carbocycles. The van der Waals surface area contributed by atoms with Gasteiger partial charge in [-0.1, -0.05) is 42.5 Å². The molecule has 242 valence electrons. The summed E-state index contributed by atoms with van der Waals surface area (Å²) < 4.78 is 2.16. The van der Waals surface area contributed by atoms with E-state index in [9.17, 15) is 26.3 Å². The predicted octanol–water partition coefficient (Wildman–Crippen LogP) is 10.2. The van der Waals surface area contributed by atoms with Gasteiger partial charge in [-0.2, -0.15) is 26.3 Å². The van der Waals surface area contributed by atoms with Gasteiger partial charge in [0, 0.05) is 34.3 Å². The second-order valence-corrected chi connectivity index (χ2v) is 12.5. The third-order valence-corrected chi connectivity index (χ3v) is 9.39. The molecule has 0 saturated carbocycles. The molecule has 0 atom stereocenters. The Labute approximate surface area is 305 Å². The van der Waals surface area contributed by atoms with Gasteiger partial charge in [0.2, 0.25) is 0 Å². The molecule has 0 radical (unpaired) electrons. The zero-order chi connectivity index (χ0) is 36.5. The van der Waals surface area contributed by atoms with E-state index < -0.39 is 0 Å². The molecule has 0 N–H and O–H groups in total. The lowest BCUT2D eigenvalue weighted by atomic mass is 9.93. The number of hydrogen-bond donors (Lipinski definition) is 0. The van der Waals surface area contributed by atoms with Gasteiger partial charge in [0.1, 0.15) is 0 Å². The van der Waals surface area contributed by atoms with Crippen LogP contribution in [0.2, 0.25) is 0 Å². The topological polar surface area (TPSA) is 137 Å². The summed E-state index contributed by atoms with van der Waals surface area (Å²) in [6.45, 7) is 0. The maximum absolute atomic E-state index is 10.5. The summed E-state index contributed by atoms with van der Waals surface area (Å²) >= 11 is 0. The van der Waals surface area contributed by atoms with Crippen LogP contribution in [0.15, 0.2) is 140 Å². The lowest BCUT2D eigenvalue weighted by Gasteiger charge is -2.17. The minimum atomic E-state index is 0.389. The summed E-state index contributed by atoms with van der Waals surface area (Å²) in [6, 6.07) is 51.3. The van der Waals surface area contributed by atoms with E-state index in [-0.39, 0.29) is 0 Å². The molecule has 0 aliphatic carbocycles. The van der Waals surface area contributed by atoms with Gasteiger partial charge in [-0.15, -0.1) is 0 Å². The van der Waals surface area contributed by atoms with Gasteiger partial charge in [0.25, 0.3) is 0 Å². The number of benzene rings is 6. The molecule has 0 aliphatic heterocycles. The summed E-state index contributed by atoms with van der Waals surface area (Å²) in [5, 5.41) is 51.2. The molecule has 0 bridgehead atoms. The van der Waals surface area contributed by atoms with Gasteiger partial charge < -0.3 is 4.57 Å². The van der Waals surface area contributed by atoms with Crippen LogP contribution in [-0.4, -0.2) is 9.55 Å². The van der Waals surface area contributed by atoms with Gasteiger partial charge >= 0.3 is 0 Å². The molecule has 0 fully saturated rings. The molecule has 0 saturated heterocycles. The molecule has 8 rings (SSSR count). The number of pyridine rings is 1. The Kier molecular flexibility index (Phi) is 7.96. The van der Waals surface area contributed by atoms with Crippen molar-refractivity contribution in [3.8, 4) is 80.5 Å². The van der Waals surface area contributed by atoms with Crippen LogP contribution < -0.4 is 0 Å². The zero-order valence-corrected chi connectivity index (χ0v) is 27.9. The van der Waals surface area contributed by atoms with E-state index in [2.05, 4.69) is 70.2 Å². The molecule has 2 aromatic heterocycles. The van der Waals surface area contributed by atoms with Crippen molar-refractivity contribution in [2.45, 2.75) is 0 Å². The highest BCUT2D eigenvalue weighted by Gasteiger charge is 2.21. The highest BCUT2D eigenvalue weighted by Crippen LogP contribution is 2.42. The molecule has 0 aliphatic rings. The first-order valence-corrected chi connectivity index (χ1v) is 16.6.